The average molecular weight is 314 g/mol. The summed E-state index contributed by atoms with van der Waals surface area (Å²) in [5.74, 6) is 1.74. The molecule has 23 heavy (non-hydrogen) atoms. The molecule has 1 aromatic heterocycles. The number of piperazine rings is 1. The second-order valence-corrected chi connectivity index (χ2v) is 7.44. The lowest BCUT2D eigenvalue weighted by atomic mass is 10.1. The lowest BCUT2D eigenvalue weighted by Gasteiger charge is -2.35. The van der Waals surface area contributed by atoms with E-state index in [4.69, 9.17) is 0 Å². The van der Waals surface area contributed by atoms with Crippen LogP contribution in [-0.4, -0.2) is 47.0 Å². The van der Waals surface area contributed by atoms with Crippen LogP contribution in [0.5, 0.6) is 0 Å². The van der Waals surface area contributed by atoms with Crippen molar-refractivity contribution >= 4 is 11.7 Å². The normalized spacial score (nSPS) is 25.9. The third kappa shape index (κ3) is 3.09. The molecular formula is C18H26N4O. The summed E-state index contributed by atoms with van der Waals surface area (Å²) in [6, 6.07) is 0. The highest BCUT2D eigenvalue weighted by Gasteiger charge is 2.61. The molecule has 0 N–H and O–H groups in total. The van der Waals surface area contributed by atoms with Crippen molar-refractivity contribution < 1.29 is 4.79 Å². The van der Waals surface area contributed by atoms with Crippen LogP contribution in [0.2, 0.25) is 0 Å². The Hall–Kier alpha value is -1.91. The van der Waals surface area contributed by atoms with Gasteiger partial charge in [-0.15, -0.1) is 0 Å². The predicted molar refractivity (Wildman–Crippen MR) is 91.0 cm³/mol. The minimum atomic E-state index is 0.0936. The fourth-order valence-electron chi connectivity index (χ4n) is 3.63. The van der Waals surface area contributed by atoms with E-state index in [0.29, 0.717) is 11.8 Å². The minimum absolute atomic E-state index is 0.0936. The van der Waals surface area contributed by atoms with Gasteiger partial charge in [0.05, 0.1) is 12.1 Å². The first kappa shape index (κ1) is 16.0. The number of carbonyl (C=O) groups excluding carboxylic acids is 1. The third-order valence-corrected chi connectivity index (χ3v) is 5.15. The molecule has 1 aliphatic heterocycles. The first-order valence-corrected chi connectivity index (χ1v) is 8.36. The highest BCUT2D eigenvalue weighted by atomic mass is 16.2. The van der Waals surface area contributed by atoms with Crippen LogP contribution in [0.15, 0.2) is 30.2 Å². The monoisotopic (exact) mass is 314 g/mol. The quantitative estimate of drug-likeness (QED) is 0.804. The van der Waals surface area contributed by atoms with Crippen LogP contribution in [-0.2, 0) is 4.79 Å². The second-order valence-electron chi connectivity index (χ2n) is 7.44. The van der Waals surface area contributed by atoms with Crippen molar-refractivity contribution in [2.75, 3.05) is 31.1 Å². The Bertz CT molecular complexity index is 599. The van der Waals surface area contributed by atoms with Crippen molar-refractivity contribution in [1.82, 2.24) is 14.9 Å². The zero-order valence-corrected chi connectivity index (χ0v) is 14.5. The molecule has 1 saturated carbocycles. The molecule has 2 aliphatic rings. The molecule has 124 valence electrons. The van der Waals surface area contributed by atoms with Crippen molar-refractivity contribution in [2.45, 2.75) is 27.7 Å². The topological polar surface area (TPSA) is 49.3 Å². The van der Waals surface area contributed by atoms with Gasteiger partial charge in [-0.1, -0.05) is 25.5 Å². The van der Waals surface area contributed by atoms with Crippen LogP contribution < -0.4 is 4.90 Å². The fraction of sp³-hybridized carbons (Fsp3) is 0.611. The molecule has 2 fully saturated rings. The summed E-state index contributed by atoms with van der Waals surface area (Å²) >= 11 is 0. The Kier molecular flexibility index (Phi) is 4.13. The van der Waals surface area contributed by atoms with Gasteiger partial charge in [-0.3, -0.25) is 9.78 Å². The number of nitrogens with zero attached hydrogens (tertiary/aromatic N) is 4. The smallest absolute Gasteiger partial charge is 0.226 e. The van der Waals surface area contributed by atoms with E-state index >= 15 is 0 Å². The fourth-order valence-corrected chi connectivity index (χ4v) is 3.63. The van der Waals surface area contributed by atoms with Crippen molar-refractivity contribution in [1.29, 1.82) is 0 Å². The Morgan fingerprint density at radius 3 is 2.48 bits per heavy atom. The number of allylic oxidation sites excluding steroid dienone is 2. The number of anilines is 1. The van der Waals surface area contributed by atoms with Crippen LogP contribution in [0.4, 0.5) is 5.82 Å². The van der Waals surface area contributed by atoms with Gasteiger partial charge in [0.2, 0.25) is 5.91 Å². The first-order valence-electron chi connectivity index (χ1n) is 8.36. The van der Waals surface area contributed by atoms with Crippen LogP contribution in [0.1, 0.15) is 27.7 Å². The molecule has 2 heterocycles. The summed E-state index contributed by atoms with van der Waals surface area (Å²) < 4.78 is 0. The van der Waals surface area contributed by atoms with E-state index in [2.05, 4.69) is 48.6 Å². The van der Waals surface area contributed by atoms with Gasteiger partial charge in [0.1, 0.15) is 5.82 Å². The van der Waals surface area contributed by atoms with E-state index in [-0.39, 0.29) is 11.3 Å². The Morgan fingerprint density at radius 1 is 1.22 bits per heavy atom. The summed E-state index contributed by atoms with van der Waals surface area (Å²) in [5, 5.41) is 0. The molecule has 0 bridgehead atoms. The van der Waals surface area contributed by atoms with Crippen molar-refractivity contribution in [3.05, 3.63) is 30.2 Å². The lowest BCUT2D eigenvalue weighted by Crippen LogP contribution is -2.49. The van der Waals surface area contributed by atoms with E-state index in [1.165, 1.54) is 5.57 Å². The van der Waals surface area contributed by atoms with Crippen LogP contribution >= 0.6 is 0 Å². The Labute approximate surface area is 138 Å². The lowest BCUT2D eigenvalue weighted by molar-refractivity contribution is -0.133. The predicted octanol–water partition coefficient (Wildman–Crippen LogP) is 2.36. The van der Waals surface area contributed by atoms with Gasteiger partial charge in [0.15, 0.2) is 0 Å². The van der Waals surface area contributed by atoms with E-state index < -0.39 is 0 Å². The highest BCUT2D eigenvalue weighted by Crippen LogP contribution is 2.60. The number of hydrogen-bond acceptors (Lipinski definition) is 4. The van der Waals surface area contributed by atoms with Gasteiger partial charge < -0.3 is 9.80 Å². The van der Waals surface area contributed by atoms with E-state index in [9.17, 15) is 4.79 Å². The standard InChI is InChI=1S/C18H26N4O/c1-13(2)11-14-16(18(14,3)4)17(23)22-9-7-21(8-10-22)15-12-19-5-6-20-15/h5-6,11-12,14,16H,7-10H2,1-4H3/t14-,16-/m1/s1. The largest absolute Gasteiger partial charge is 0.352 e. The molecule has 5 heteroatoms. The summed E-state index contributed by atoms with van der Waals surface area (Å²) in [6.07, 6.45) is 7.44. The first-order chi connectivity index (χ1) is 10.9. The number of amides is 1. The van der Waals surface area contributed by atoms with Crippen molar-refractivity contribution in [2.24, 2.45) is 17.3 Å². The molecule has 1 aliphatic carbocycles. The van der Waals surface area contributed by atoms with Gasteiger partial charge in [-0.25, -0.2) is 4.98 Å². The minimum Gasteiger partial charge on any atom is -0.352 e. The molecule has 0 aromatic carbocycles. The maximum atomic E-state index is 12.9. The van der Waals surface area contributed by atoms with Crippen molar-refractivity contribution in [3.8, 4) is 0 Å². The van der Waals surface area contributed by atoms with Crippen LogP contribution in [0, 0.1) is 17.3 Å². The molecule has 5 nitrogen and oxygen atoms in total. The molecular weight excluding hydrogens is 288 g/mol. The Balaban J connectivity index is 1.60. The van der Waals surface area contributed by atoms with Gasteiger partial charge in [0.25, 0.3) is 0 Å². The van der Waals surface area contributed by atoms with Gasteiger partial charge in [-0.05, 0) is 25.2 Å². The number of hydrogen-bond donors (Lipinski definition) is 0. The molecule has 2 atom stereocenters. The molecule has 0 radical (unpaired) electrons. The zero-order chi connectivity index (χ0) is 16.6. The van der Waals surface area contributed by atoms with Crippen LogP contribution in [0.3, 0.4) is 0 Å². The summed E-state index contributed by atoms with van der Waals surface area (Å²) in [7, 11) is 0. The second kappa shape index (κ2) is 5.95. The molecule has 0 unspecified atom stereocenters. The van der Waals surface area contributed by atoms with E-state index in [0.717, 1.165) is 32.0 Å². The van der Waals surface area contributed by atoms with Gasteiger partial charge in [0, 0.05) is 38.6 Å². The molecule has 1 saturated heterocycles. The van der Waals surface area contributed by atoms with Gasteiger partial charge >= 0.3 is 0 Å². The molecule has 0 spiro atoms. The number of carbonyl (C=O) groups is 1. The van der Waals surface area contributed by atoms with E-state index in [1.807, 2.05) is 4.90 Å². The van der Waals surface area contributed by atoms with E-state index in [1.54, 1.807) is 18.6 Å². The summed E-state index contributed by atoms with van der Waals surface area (Å²) in [4.78, 5) is 25.5. The molecule has 1 amide bonds. The van der Waals surface area contributed by atoms with Gasteiger partial charge in [-0.2, -0.15) is 0 Å². The summed E-state index contributed by atoms with van der Waals surface area (Å²) in [5.41, 5.74) is 1.39. The highest BCUT2D eigenvalue weighted by molar-refractivity contribution is 5.84. The SMILES string of the molecule is CC(C)=C[C@@H]1[C@H](C(=O)N2CCN(c3cnccn3)CC2)C1(C)C. The third-order valence-electron chi connectivity index (χ3n) is 5.15. The summed E-state index contributed by atoms with van der Waals surface area (Å²) in [6.45, 7) is 11.8. The molecule has 1 aromatic rings. The van der Waals surface area contributed by atoms with Crippen molar-refractivity contribution in [3.63, 3.8) is 0 Å². The van der Waals surface area contributed by atoms with Crippen LogP contribution in [0.25, 0.3) is 0 Å². The molecule has 3 rings (SSSR count). The average Bonchev–Trinajstić information content (AvgIpc) is 3.07. The number of aromatic nitrogens is 2. The number of rotatable bonds is 3. The maximum Gasteiger partial charge on any atom is 0.226 e. The Morgan fingerprint density at radius 2 is 1.91 bits per heavy atom. The maximum absolute atomic E-state index is 12.9. The zero-order valence-electron chi connectivity index (χ0n) is 14.5.